The topological polar surface area (TPSA) is 43.1 Å². The molecule has 0 radical (unpaired) electrons. The summed E-state index contributed by atoms with van der Waals surface area (Å²) in [5.74, 6) is 0.957. The molecule has 1 aliphatic heterocycles. The first-order chi connectivity index (χ1) is 10.4. The molecule has 0 unspecified atom stereocenters. The average Bonchev–Trinajstić information content (AvgIpc) is 2.98. The zero-order valence-electron chi connectivity index (χ0n) is 11.5. The molecule has 2 aromatic carbocycles. The van der Waals surface area contributed by atoms with Crippen molar-refractivity contribution in [1.29, 1.82) is 0 Å². The summed E-state index contributed by atoms with van der Waals surface area (Å²) in [6.07, 6.45) is 2.58. The van der Waals surface area contributed by atoms with Crippen molar-refractivity contribution in [3.63, 3.8) is 0 Å². The number of hydrogen-bond acceptors (Lipinski definition) is 3. The highest BCUT2D eigenvalue weighted by Gasteiger charge is 2.17. The van der Waals surface area contributed by atoms with Gasteiger partial charge in [-0.2, -0.15) is 0 Å². The highest BCUT2D eigenvalue weighted by molar-refractivity contribution is 6.15. The normalized spacial score (nSPS) is 13.6. The number of aliphatic imine (C=N–C) groups is 1. The fourth-order valence-electron chi connectivity index (χ4n) is 2.71. The minimum atomic E-state index is 0.719. The molecule has 21 heavy (non-hydrogen) atoms. The van der Waals surface area contributed by atoms with Crippen LogP contribution in [0.3, 0.4) is 0 Å². The second-order valence-electron chi connectivity index (χ2n) is 4.98. The Morgan fingerprint density at radius 1 is 0.905 bits per heavy atom. The molecule has 0 amide bonds. The van der Waals surface area contributed by atoms with Crippen molar-refractivity contribution in [2.75, 3.05) is 6.54 Å². The summed E-state index contributed by atoms with van der Waals surface area (Å²) >= 11 is 0. The summed E-state index contributed by atoms with van der Waals surface area (Å²) in [5, 5.41) is 8.24. The molecule has 0 saturated carbocycles. The summed E-state index contributed by atoms with van der Waals surface area (Å²) in [6.45, 7) is 0.719. The first-order valence-corrected chi connectivity index (χ1v) is 7.02. The van der Waals surface area contributed by atoms with Gasteiger partial charge in [0, 0.05) is 24.1 Å². The third-order valence-corrected chi connectivity index (χ3v) is 3.69. The molecule has 4 heteroatoms. The van der Waals surface area contributed by atoms with Gasteiger partial charge in [0.05, 0.1) is 11.4 Å². The van der Waals surface area contributed by atoms with Crippen LogP contribution >= 0.6 is 0 Å². The Hall–Kier alpha value is -2.75. The number of rotatable bonds is 1. The Kier molecular flexibility index (Phi) is 2.85. The van der Waals surface area contributed by atoms with Crippen molar-refractivity contribution in [2.24, 2.45) is 4.99 Å². The van der Waals surface area contributed by atoms with E-state index < -0.39 is 0 Å². The summed E-state index contributed by atoms with van der Waals surface area (Å²) in [5.41, 5.74) is 4.37. The fraction of sp³-hybridized carbons (Fsp3) is 0.118. The second kappa shape index (κ2) is 4.98. The molecule has 1 aromatic heterocycles. The van der Waals surface area contributed by atoms with Gasteiger partial charge in [-0.15, -0.1) is 10.2 Å². The van der Waals surface area contributed by atoms with Crippen LogP contribution in [0.4, 0.5) is 0 Å². The molecule has 0 aliphatic carbocycles. The fourth-order valence-corrected chi connectivity index (χ4v) is 2.71. The average molecular weight is 274 g/mol. The van der Waals surface area contributed by atoms with E-state index in [0.717, 1.165) is 41.3 Å². The van der Waals surface area contributed by atoms with Crippen molar-refractivity contribution in [1.82, 2.24) is 14.8 Å². The summed E-state index contributed by atoms with van der Waals surface area (Å²) in [4.78, 5) is 4.81. The van der Waals surface area contributed by atoms with Crippen LogP contribution in [0.25, 0.3) is 5.69 Å². The van der Waals surface area contributed by atoms with Crippen LogP contribution in [-0.4, -0.2) is 27.0 Å². The van der Waals surface area contributed by atoms with E-state index in [1.807, 2.05) is 30.3 Å². The molecule has 2 heterocycles. The summed E-state index contributed by atoms with van der Waals surface area (Å²) in [7, 11) is 0. The predicted octanol–water partition coefficient (Wildman–Crippen LogP) is 2.66. The number of fused-ring (bicyclic) bond motifs is 3. The van der Waals surface area contributed by atoms with Crippen LogP contribution in [0.5, 0.6) is 0 Å². The first kappa shape index (κ1) is 12.0. The van der Waals surface area contributed by atoms with Gasteiger partial charge in [0.2, 0.25) is 0 Å². The van der Waals surface area contributed by atoms with Gasteiger partial charge in [-0.05, 0) is 6.07 Å². The molecule has 0 fully saturated rings. The van der Waals surface area contributed by atoms with Crippen molar-refractivity contribution in [2.45, 2.75) is 6.42 Å². The SMILES string of the molecule is c1ccc(C2=NCCc3nncn3-c3ccccc32)cc1. The standard InChI is InChI=1S/C17H14N4/c1-2-6-13(7-3-1)17-14-8-4-5-9-15(14)21-12-19-20-16(21)10-11-18-17/h1-9,12H,10-11H2. The lowest BCUT2D eigenvalue weighted by molar-refractivity contribution is 0.823. The van der Waals surface area contributed by atoms with Crippen LogP contribution in [0, 0.1) is 0 Å². The maximum atomic E-state index is 4.81. The first-order valence-electron chi connectivity index (χ1n) is 7.02. The van der Waals surface area contributed by atoms with Crippen molar-refractivity contribution < 1.29 is 0 Å². The number of hydrogen-bond donors (Lipinski definition) is 0. The third kappa shape index (κ3) is 2.05. The molecule has 3 aromatic rings. The van der Waals surface area contributed by atoms with Crippen molar-refractivity contribution >= 4 is 5.71 Å². The molecule has 0 atom stereocenters. The zero-order valence-corrected chi connectivity index (χ0v) is 11.5. The van der Waals surface area contributed by atoms with E-state index in [4.69, 9.17) is 4.99 Å². The zero-order chi connectivity index (χ0) is 14.1. The predicted molar refractivity (Wildman–Crippen MR) is 82.0 cm³/mol. The largest absolute Gasteiger partial charge is 0.285 e. The number of nitrogens with zero attached hydrogens (tertiary/aromatic N) is 4. The van der Waals surface area contributed by atoms with E-state index in [1.165, 1.54) is 0 Å². The molecule has 0 bridgehead atoms. The second-order valence-corrected chi connectivity index (χ2v) is 4.98. The number of para-hydroxylation sites is 1. The Morgan fingerprint density at radius 2 is 1.71 bits per heavy atom. The van der Waals surface area contributed by atoms with Gasteiger partial charge >= 0.3 is 0 Å². The highest BCUT2D eigenvalue weighted by atomic mass is 15.3. The van der Waals surface area contributed by atoms with E-state index in [9.17, 15) is 0 Å². The Balaban J connectivity index is 1.96. The Morgan fingerprint density at radius 3 is 2.62 bits per heavy atom. The Labute approximate surface area is 122 Å². The minimum absolute atomic E-state index is 0.719. The van der Waals surface area contributed by atoms with Crippen LogP contribution in [-0.2, 0) is 6.42 Å². The van der Waals surface area contributed by atoms with E-state index in [-0.39, 0.29) is 0 Å². The Bertz CT molecular complexity index is 802. The van der Waals surface area contributed by atoms with E-state index in [0.29, 0.717) is 0 Å². The highest BCUT2D eigenvalue weighted by Crippen LogP contribution is 2.22. The summed E-state index contributed by atoms with van der Waals surface area (Å²) in [6, 6.07) is 18.6. The van der Waals surface area contributed by atoms with Gasteiger partial charge < -0.3 is 0 Å². The molecular formula is C17H14N4. The molecule has 0 N–H and O–H groups in total. The lowest BCUT2D eigenvalue weighted by Gasteiger charge is -2.17. The lowest BCUT2D eigenvalue weighted by atomic mass is 9.99. The van der Waals surface area contributed by atoms with Crippen LogP contribution in [0.15, 0.2) is 65.9 Å². The van der Waals surface area contributed by atoms with Gasteiger partial charge in [0.15, 0.2) is 0 Å². The van der Waals surface area contributed by atoms with Gasteiger partial charge in [-0.3, -0.25) is 9.56 Å². The van der Waals surface area contributed by atoms with Gasteiger partial charge in [0.1, 0.15) is 12.2 Å². The molecule has 1 aliphatic rings. The van der Waals surface area contributed by atoms with Crippen molar-refractivity contribution in [3.05, 3.63) is 77.9 Å². The summed E-state index contributed by atoms with van der Waals surface area (Å²) < 4.78 is 2.06. The monoisotopic (exact) mass is 274 g/mol. The molecule has 0 spiro atoms. The van der Waals surface area contributed by atoms with Gasteiger partial charge in [-0.1, -0.05) is 48.5 Å². The third-order valence-electron chi connectivity index (χ3n) is 3.69. The van der Waals surface area contributed by atoms with E-state index in [1.54, 1.807) is 6.33 Å². The van der Waals surface area contributed by atoms with Gasteiger partial charge in [0.25, 0.3) is 0 Å². The van der Waals surface area contributed by atoms with E-state index in [2.05, 4.69) is 39.0 Å². The van der Waals surface area contributed by atoms with Crippen LogP contribution in [0.2, 0.25) is 0 Å². The number of benzene rings is 2. The molecular weight excluding hydrogens is 260 g/mol. The van der Waals surface area contributed by atoms with Crippen molar-refractivity contribution in [3.8, 4) is 5.69 Å². The quantitative estimate of drug-likeness (QED) is 0.684. The molecule has 4 nitrogen and oxygen atoms in total. The molecule has 0 saturated heterocycles. The molecule has 4 rings (SSSR count). The smallest absolute Gasteiger partial charge is 0.139 e. The van der Waals surface area contributed by atoms with Crippen LogP contribution < -0.4 is 0 Å². The lowest BCUT2D eigenvalue weighted by Crippen LogP contribution is -2.14. The van der Waals surface area contributed by atoms with Gasteiger partial charge in [-0.25, -0.2) is 0 Å². The molecule has 102 valence electrons. The maximum Gasteiger partial charge on any atom is 0.139 e. The maximum absolute atomic E-state index is 4.81. The van der Waals surface area contributed by atoms with Crippen LogP contribution in [0.1, 0.15) is 17.0 Å². The minimum Gasteiger partial charge on any atom is -0.285 e. The van der Waals surface area contributed by atoms with E-state index >= 15 is 0 Å². The number of aromatic nitrogens is 3.